The second-order valence-corrected chi connectivity index (χ2v) is 6.79. The number of para-hydroxylation sites is 1. The number of piperidine rings is 1. The van der Waals surface area contributed by atoms with E-state index in [1.54, 1.807) is 17.2 Å². The van der Waals surface area contributed by atoms with Gasteiger partial charge in [0.2, 0.25) is 0 Å². The summed E-state index contributed by atoms with van der Waals surface area (Å²) in [6, 6.07) is 11.9. The third-order valence-electron chi connectivity index (χ3n) is 5.44. The molecular weight excluding hydrogens is 316 g/mol. The molecule has 0 radical (unpaired) electrons. The number of nitrogen functional groups attached to an aromatic ring is 1. The number of pyridine rings is 1. The van der Waals surface area contributed by atoms with Crippen molar-refractivity contribution < 1.29 is 9.53 Å². The van der Waals surface area contributed by atoms with Gasteiger partial charge in [-0.3, -0.25) is 4.90 Å². The minimum Gasteiger partial charge on any atom is -0.452 e. The number of aromatic nitrogens is 1. The molecule has 1 spiro atoms. The van der Waals surface area contributed by atoms with Gasteiger partial charge in [-0.25, -0.2) is 9.78 Å². The van der Waals surface area contributed by atoms with Crippen molar-refractivity contribution in [3.05, 3.63) is 48.2 Å². The van der Waals surface area contributed by atoms with E-state index in [0.29, 0.717) is 6.54 Å². The number of hydrogen-bond donors (Lipinski definition) is 1. The van der Waals surface area contributed by atoms with Gasteiger partial charge in [0.25, 0.3) is 0 Å². The largest absolute Gasteiger partial charge is 0.452 e. The maximum atomic E-state index is 12.2. The Morgan fingerprint density at radius 3 is 2.72 bits per heavy atom. The number of nitrogens with two attached hydrogens (primary N) is 1. The molecule has 2 aliphatic heterocycles. The van der Waals surface area contributed by atoms with Crippen molar-refractivity contribution in [3.8, 4) is 0 Å². The van der Waals surface area contributed by atoms with Gasteiger partial charge >= 0.3 is 6.09 Å². The Labute approximate surface area is 147 Å². The predicted octanol–water partition coefficient (Wildman–Crippen LogP) is 2.79. The first-order chi connectivity index (χ1) is 12.1. The van der Waals surface area contributed by atoms with E-state index < -0.39 is 0 Å². The Morgan fingerprint density at radius 2 is 2.00 bits per heavy atom. The van der Waals surface area contributed by atoms with Crippen LogP contribution in [0.15, 0.2) is 42.6 Å². The second-order valence-electron chi connectivity index (χ2n) is 6.79. The molecule has 0 unspecified atom stereocenters. The average Bonchev–Trinajstić information content (AvgIpc) is 2.96. The molecule has 1 fully saturated rings. The Hall–Kier alpha value is -2.76. The maximum Gasteiger partial charge on any atom is 0.414 e. The summed E-state index contributed by atoms with van der Waals surface area (Å²) in [5.41, 5.74) is 8.83. The summed E-state index contributed by atoms with van der Waals surface area (Å²) in [6.45, 7) is 2.46. The smallest absolute Gasteiger partial charge is 0.414 e. The first-order valence-corrected chi connectivity index (χ1v) is 8.54. The van der Waals surface area contributed by atoms with Gasteiger partial charge in [0, 0.05) is 43.0 Å². The first-order valence-electron chi connectivity index (χ1n) is 8.54. The monoisotopic (exact) mass is 338 g/mol. The van der Waals surface area contributed by atoms with Crippen LogP contribution >= 0.6 is 0 Å². The fourth-order valence-corrected chi connectivity index (χ4v) is 4.10. The van der Waals surface area contributed by atoms with Crippen LogP contribution in [0.1, 0.15) is 18.4 Å². The standard InChI is InChI=1S/C19H22N4O2/c1-25-18(24)23-13-19(15-4-2-3-5-16(15)23)7-10-22(11-8-19)17-12-14(20)6-9-21-17/h2-6,9,12H,7-8,10-11,13H2,1H3,(H2,20,21). The molecule has 2 aliphatic rings. The maximum absolute atomic E-state index is 12.2. The number of fused-ring (bicyclic) bond motifs is 2. The molecule has 0 saturated carbocycles. The predicted molar refractivity (Wildman–Crippen MR) is 98.0 cm³/mol. The van der Waals surface area contributed by atoms with Crippen molar-refractivity contribution in [1.82, 2.24) is 4.98 Å². The highest BCUT2D eigenvalue weighted by Gasteiger charge is 2.46. The topological polar surface area (TPSA) is 71.7 Å². The van der Waals surface area contributed by atoms with E-state index in [-0.39, 0.29) is 11.5 Å². The molecule has 6 heteroatoms. The lowest BCUT2D eigenvalue weighted by Crippen LogP contribution is -2.46. The van der Waals surface area contributed by atoms with Crippen LogP contribution in [0.5, 0.6) is 0 Å². The third kappa shape index (κ3) is 2.58. The lowest BCUT2D eigenvalue weighted by Gasteiger charge is -2.40. The number of hydrogen-bond acceptors (Lipinski definition) is 5. The quantitative estimate of drug-likeness (QED) is 0.866. The minimum absolute atomic E-state index is 0.0123. The summed E-state index contributed by atoms with van der Waals surface area (Å²) in [4.78, 5) is 20.7. The fraction of sp³-hybridized carbons (Fsp3) is 0.368. The third-order valence-corrected chi connectivity index (χ3v) is 5.44. The molecule has 4 rings (SSSR count). The number of ether oxygens (including phenoxy) is 1. The van der Waals surface area contributed by atoms with Gasteiger partial charge in [0.15, 0.2) is 0 Å². The number of nitrogens with zero attached hydrogens (tertiary/aromatic N) is 3. The number of methoxy groups -OCH3 is 1. The lowest BCUT2D eigenvalue weighted by molar-refractivity contribution is 0.177. The zero-order chi connectivity index (χ0) is 17.4. The number of carbonyl (C=O) groups excluding carboxylic acids is 1. The van der Waals surface area contributed by atoms with E-state index in [2.05, 4.69) is 16.0 Å². The molecule has 0 atom stereocenters. The molecule has 25 heavy (non-hydrogen) atoms. The van der Waals surface area contributed by atoms with E-state index >= 15 is 0 Å². The van der Waals surface area contributed by atoms with Gasteiger partial charge in [-0.2, -0.15) is 0 Å². The second kappa shape index (κ2) is 5.95. The van der Waals surface area contributed by atoms with Crippen molar-refractivity contribution in [1.29, 1.82) is 0 Å². The summed E-state index contributed by atoms with van der Waals surface area (Å²) < 4.78 is 4.98. The van der Waals surface area contributed by atoms with Gasteiger partial charge in [-0.15, -0.1) is 0 Å². The number of amides is 1. The van der Waals surface area contributed by atoms with Gasteiger partial charge in [-0.1, -0.05) is 18.2 Å². The molecule has 1 amide bonds. The SMILES string of the molecule is COC(=O)N1CC2(CCN(c3cc(N)ccn3)CC2)c2ccccc21. The van der Waals surface area contributed by atoms with Crippen LogP contribution in [0.4, 0.5) is 22.0 Å². The summed E-state index contributed by atoms with van der Waals surface area (Å²) in [7, 11) is 1.43. The molecule has 1 aromatic heterocycles. The van der Waals surface area contributed by atoms with Gasteiger partial charge in [-0.05, 0) is 30.5 Å². The fourth-order valence-electron chi connectivity index (χ4n) is 4.10. The van der Waals surface area contributed by atoms with Crippen LogP contribution in [0.25, 0.3) is 0 Å². The van der Waals surface area contributed by atoms with Gasteiger partial charge in [0.1, 0.15) is 5.82 Å². The van der Waals surface area contributed by atoms with Crippen molar-refractivity contribution in [2.45, 2.75) is 18.3 Å². The summed E-state index contributed by atoms with van der Waals surface area (Å²) in [5.74, 6) is 0.922. The van der Waals surface area contributed by atoms with Crippen molar-refractivity contribution >= 4 is 23.3 Å². The molecular formula is C19H22N4O2. The molecule has 2 aromatic rings. The highest BCUT2D eigenvalue weighted by molar-refractivity contribution is 5.91. The summed E-state index contributed by atoms with van der Waals surface area (Å²) in [5, 5.41) is 0. The van der Waals surface area contributed by atoms with E-state index in [1.165, 1.54) is 12.7 Å². The van der Waals surface area contributed by atoms with Crippen LogP contribution in [-0.4, -0.2) is 37.8 Å². The summed E-state index contributed by atoms with van der Waals surface area (Å²) in [6.07, 6.45) is 3.39. The molecule has 1 aromatic carbocycles. The van der Waals surface area contributed by atoms with Crippen molar-refractivity contribution in [3.63, 3.8) is 0 Å². The molecule has 3 heterocycles. The number of rotatable bonds is 1. The van der Waals surface area contributed by atoms with E-state index in [0.717, 1.165) is 43.1 Å². The molecule has 1 saturated heterocycles. The lowest BCUT2D eigenvalue weighted by atomic mass is 9.74. The molecule has 130 valence electrons. The van der Waals surface area contributed by atoms with E-state index in [9.17, 15) is 4.79 Å². The van der Waals surface area contributed by atoms with Gasteiger partial charge < -0.3 is 15.4 Å². The molecule has 0 bridgehead atoms. The van der Waals surface area contributed by atoms with Gasteiger partial charge in [0.05, 0.1) is 12.8 Å². The Bertz CT molecular complexity index is 800. The van der Waals surface area contributed by atoms with Crippen LogP contribution in [-0.2, 0) is 10.2 Å². The normalized spacial score (nSPS) is 18.3. The number of carbonyl (C=O) groups is 1. The zero-order valence-electron chi connectivity index (χ0n) is 14.3. The zero-order valence-corrected chi connectivity index (χ0v) is 14.3. The molecule has 0 aliphatic carbocycles. The number of anilines is 3. The van der Waals surface area contributed by atoms with Crippen LogP contribution in [0, 0.1) is 0 Å². The average molecular weight is 338 g/mol. The molecule has 6 nitrogen and oxygen atoms in total. The van der Waals surface area contributed by atoms with Crippen LogP contribution < -0.4 is 15.5 Å². The molecule has 2 N–H and O–H groups in total. The van der Waals surface area contributed by atoms with E-state index in [1.807, 2.05) is 24.3 Å². The highest BCUT2D eigenvalue weighted by Crippen LogP contribution is 2.47. The Kier molecular flexibility index (Phi) is 3.75. The van der Waals surface area contributed by atoms with E-state index in [4.69, 9.17) is 10.5 Å². The van der Waals surface area contributed by atoms with Crippen molar-refractivity contribution in [2.75, 3.05) is 42.3 Å². The first kappa shape index (κ1) is 15.7. The van der Waals surface area contributed by atoms with Crippen LogP contribution in [0.3, 0.4) is 0 Å². The Balaban J connectivity index is 1.59. The minimum atomic E-state index is -0.288. The van der Waals surface area contributed by atoms with Crippen molar-refractivity contribution in [2.24, 2.45) is 0 Å². The Morgan fingerprint density at radius 1 is 1.24 bits per heavy atom. The number of benzene rings is 1. The highest BCUT2D eigenvalue weighted by atomic mass is 16.5. The summed E-state index contributed by atoms with van der Waals surface area (Å²) >= 11 is 0. The van der Waals surface area contributed by atoms with Crippen LogP contribution in [0.2, 0.25) is 0 Å².